The van der Waals surface area contributed by atoms with E-state index in [1.54, 1.807) is 0 Å². The van der Waals surface area contributed by atoms with E-state index in [2.05, 4.69) is 0 Å². The zero-order valence-electron chi connectivity index (χ0n) is 10.2. The minimum absolute atomic E-state index is 0.0136. The average Bonchev–Trinajstić information content (AvgIpc) is 2.42. The van der Waals surface area contributed by atoms with Gasteiger partial charge in [0.15, 0.2) is 0 Å². The van der Waals surface area contributed by atoms with E-state index in [0.29, 0.717) is 5.56 Å². The molecule has 1 atom stereocenters. The maximum atomic E-state index is 13.5. The Bertz CT molecular complexity index is 669. The van der Waals surface area contributed by atoms with Crippen LogP contribution in [0.25, 0.3) is 0 Å². The molecule has 0 heterocycles. The SMILES string of the molecule is O=C(O)c1ccc(CS(=O)c2cc(F)ccc2F)cc1. The Morgan fingerprint density at radius 3 is 2.35 bits per heavy atom. The minimum atomic E-state index is -1.74. The van der Waals surface area contributed by atoms with Crippen LogP contribution in [0, 0.1) is 11.6 Å². The van der Waals surface area contributed by atoms with Crippen LogP contribution in [0.15, 0.2) is 47.4 Å². The number of rotatable bonds is 4. The third-order valence-corrected chi connectivity index (χ3v) is 4.04. The zero-order chi connectivity index (χ0) is 14.7. The summed E-state index contributed by atoms with van der Waals surface area (Å²) in [4.78, 5) is 10.5. The van der Waals surface area contributed by atoms with Gasteiger partial charge in [-0.3, -0.25) is 4.21 Å². The van der Waals surface area contributed by atoms with Crippen molar-refractivity contribution in [2.75, 3.05) is 0 Å². The first-order chi connectivity index (χ1) is 9.47. The van der Waals surface area contributed by atoms with Crippen LogP contribution >= 0.6 is 0 Å². The van der Waals surface area contributed by atoms with Crippen molar-refractivity contribution in [1.29, 1.82) is 0 Å². The molecule has 0 saturated heterocycles. The molecule has 0 bridgehead atoms. The molecule has 2 rings (SSSR count). The molecular weight excluding hydrogens is 286 g/mol. The summed E-state index contributed by atoms with van der Waals surface area (Å²) in [6, 6.07) is 8.52. The molecule has 20 heavy (non-hydrogen) atoms. The first-order valence-corrected chi connectivity index (χ1v) is 6.95. The molecule has 0 aromatic heterocycles. The van der Waals surface area contributed by atoms with Crippen LogP contribution in [0.3, 0.4) is 0 Å². The summed E-state index contributed by atoms with van der Waals surface area (Å²) in [7, 11) is -1.74. The Balaban J connectivity index is 2.19. The van der Waals surface area contributed by atoms with E-state index in [1.165, 1.54) is 24.3 Å². The third-order valence-electron chi connectivity index (χ3n) is 2.64. The maximum Gasteiger partial charge on any atom is 0.335 e. The van der Waals surface area contributed by atoms with Gasteiger partial charge in [-0.1, -0.05) is 12.1 Å². The fraction of sp³-hybridized carbons (Fsp3) is 0.0714. The van der Waals surface area contributed by atoms with E-state index in [4.69, 9.17) is 5.11 Å². The Hall–Kier alpha value is -2.08. The molecule has 0 spiro atoms. The van der Waals surface area contributed by atoms with E-state index < -0.39 is 28.4 Å². The molecule has 1 N–H and O–H groups in total. The van der Waals surface area contributed by atoms with Crippen molar-refractivity contribution in [2.24, 2.45) is 0 Å². The molecule has 104 valence electrons. The molecule has 2 aromatic rings. The van der Waals surface area contributed by atoms with Crippen molar-refractivity contribution in [3.63, 3.8) is 0 Å². The smallest absolute Gasteiger partial charge is 0.335 e. The van der Waals surface area contributed by atoms with Crippen molar-refractivity contribution < 1.29 is 22.9 Å². The monoisotopic (exact) mass is 296 g/mol. The van der Waals surface area contributed by atoms with Crippen LogP contribution < -0.4 is 0 Å². The average molecular weight is 296 g/mol. The van der Waals surface area contributed by atoms with Gasteiger partial charge in [-0.25, -0.2) is 13.6 Å². The van der Waals surface area contributed by atoms with Gasteiger partial charge in [0.2, 0.25) is 0 Å². The van der Waals surface area contributed by atoms with Crippen molar-refractivity contribution in [3.8, 4) is 0 Å². The van der Waals surface area contributed by atoms with Crippen LogP contribution in [0.1, 0.15) is 15.9 Å². The fourth-order valence-electron chi connectivity index (χ4n) is 1.62. The lowest BCUT2D eigenvalue weighted by Crippen LogP contribution is -2.01. The van der Waals surface area contributed by atoms with Crippen molar-refractivity contribution in [2.45, 2.75) is 10.6 Å². The van der Waals surface area contributed by atoms with Crippen LogP contribution in [0.5, 0.6) is 0 Å². The predicted molar refractivity (Wildman–Crippen MR) is 69.9 cm³/mol. The quantitative estimate of drug-likeness (QED) is 0.943. The van der Waals surface area contributed by atoms with Crippen molar-refractivity contribution in [1.82, 2.24) is 0 Å². The largest absolute Gasteiger partial charge is 0.478 e. The van der Waals surface area contributed by atoms with E-state index in [9.17, 15) is 17.8 Å². The van der Waals surface area contributed by atoms with Gasteiger partial charge in [-0.15, -0.1) is 0 Å². The molecule has 6 heteroatoms. The second kappa shape index (κ2) is 5.92. The predicted octanol–water partition coefficient (Wildman–Crippen LogP) is 2.97. The highest BCUT2D eigenvalue weighted by Crippen LogP contribution is 2.17. The Labute approximate surface area is 116 Å². The Morgan fingerprint density at radius 1 is 1.10 bits per heavy atom. The van der Waals surface area contributed by atoms with Gasteiger partial charge in [-0.05, 0) is 35.9 Å². The number of aromatic carboxylic acids is 1. The van der Waals surface area contributed by atoms with E-state index >= 15 is 0 Å². The molecule has 0 aliphatic carbocycles. The van der Waals surface area contributed by atoms with Crippen LogP contribution in [-0.2, 0) is 16.6 Å². The van der Waals surface area contributed by atoms with Gasteiger partial charge < -0.3 is 5.11 Å². The fourth-order valence-corrected chi connectivity index (χ4v) is 2.80. The molecule has 0 aliphatic heterocycles. The second-order valence-electron chi connectivity index (χ2n) is 4.07. The van der Waals surface area contributed by atoms with Crippen molar-refractivity contribution in [3.05, 3.63) is 65.2 Å². The summed E-state index contributed by atoms with van der Waals surface area (Å²) in [5.41, 5.74) is 0.688. The summed E-state index contributed by atoms with van der Waals surface area (Å²) in [6.07, 6.45) is 0. The summed E-state index contributed by atoms with van der Waals surface area (Å²) in [5, 5.41) is 8.75. The standard InChI is InChI=1S/C14H10F2O3S/c15-11-5-6-12(16)13(7-11)20(19)8-9-1-3-10(4-2-9)14(17)18/h1-7H,8H2,(H,17,18). The highest BCUT2D eigenvalue weighted by Gasteiger charge is 2.12. The van der Waals surface area contributed by atoms with Crippen LogP contribution in [0.2, 0.25) is 0 Å². The first kappa shape index (κ1) is 14.3. The zero-order valence-corrected chi connectivity index (χ0v) is 11.0. The summed E-state index contributed by atoms with van der Waals surface area (Å²) in [6.45, 7) is 0. The first-order valence-electron chi connectivity index (χ1n) is 5.63. The van der Waals surface area contributed by atoms with Gasteiger partial charge in [0, 0.05) is 0 Å². The van der Waals surface area contributed by atoms with E-state index in [0.717, 1.165) is 18.2 Å². The number of carboxylic acids is 1. The summed E-state index contributed by atoms with van der Waals surface area (Å²) in [5.74, 6) is -2.46. The lowest BCUT2D eigenvalue weighted by atomic mass is 10.1. The lowest BCUT2D eigenvalue weighted by molar-refractivity contribution is 0.0697. The molecule has 1 unspecified atom stereocenters. The van der Waals surface area contributed by atoms with Crippen LogP contribution in [0.4, 0.5) is 8.78 Å². The summed E-state index contributed by atoms with van der Waals surface area (Å²) < 4.78 is 38.5. The van der Waals surface area contributed by atoms with Gasteiger partial charge in [0.05, 0.1) is 27.0 Å². The number of hydrogen-bond donors (Lipinski definition) is 1. The molecule has 2 aromatic carbocycles. The van der Waals surface area contributed by atoms with E-state index in [1.807, 2.05) is 0 Å². The third kappa shape index (κ3) is 3.27. The number of hydrogen-bond acceptors (Lipinski definition) is 2. The number of benzene rings is 2. The van der Waals surface area contributed by atoms with Gasteiger partial charge >= 0.3 is 5.97 Å². The highest BCUT2D eigenvalue weighted by molar-refractivity contribution is 7.84. The molecule has 3 nitrogen and oxygen atoms in total. The number of carbonyl (C=O) groups is 1. The molecule has 0 saturated carbocycles. The lowest BCUT2D eigenvalue weighted by Gasteiger charge is -2.05. The molecule has 0 aliphatic rings. The highest BCUT2D eigenvalue weighted by atomic mass is 32.2. The maximum absolute atomic E-state index is 13.5. The molecule has 0 radical (unpaired) electrons. The summed E-state index contributed by atoms with van der Waals surface area (Å²) >= 11 is 0. The van der Waals surface area contributed by atoms with Crippen molar-refractivity contribution >= 4 is 16.8 Å². The van der Waals surface area contributed by atoms with Gasteiger partial charge in [0.25, 0.3) is 0 Å². The van der Waals surface area contributed by atoms with Crippen LogP contribution in [-0.4, -0.2) is 15.3 Å². The normalized spacial score (nSPS) is 12.1. The minimum Gasteiger partial charge on any atom is -0.478 e. The molecule has 0 fully saturated rings. The second-order valence-corrected chi connectivity index (χ2v) is 5.49. The van der Waals surface area contributed by atoms with E-state index in [-0.39, 0.29) is 16.2 Å². The van der Waals surface area contributed by atoms with Gasteiger partial charge in [-0.2, -0.15) is 0 Å². The Kier molecular flexibility index (Phi) is 4.24. The molecule has 0 amide bonds. The number of carboxylic acid groups (broad SMARTS) is 1. The number of halogens is 2. The topological polar surface area (TPSA) is 54.4 Å². The Morgan fingerprint density at radius 2 is 1.75 bits per heavy atom. The molecular formula is C14H10F2O3S. The van der Waals surface area contributed by atoms with Gasteiger partial charge in [0.1, 0.15) is 11.6 Å².